The molecule has 1 aromatic carbocycles. The molecule has 1 amide bonds. The molecular formula is C23H28F3N5O5. The van der Waals surface area contributed by atoms with Gasteiger partial charge in [-0.1, -0.05) is 0 Å². The second-order valence-electron chi connectivity index (χ2n) is 8.48. The van der Waals surface area contributed by atoms with Gasteiger partial charge < -0.3 is 30.5 Å². The van der Waals surface area contributed by atoms with Gasteiger partial charge in [-0.15, -0.1) is 10.2 Å². The van der Waals surface area contributed by atoms with E-state index in [2.05, 4.69) is 20.8 Å². The maximum Gasteiger partial charge on any atom is 0.416 e. The number of halogens is 3. The van der Waals surface area contributed by atoms with Gasteiger partial charge in [-0.3, -0.25) is 4.79 Å². The van der Waals surface area contributed by atoms with Crippen molar-refractivity contribution in [3.8, 4) is 17.0 Å². The third kappa shape index (κ3) is 6.74. The predicted molar refractivity (Wildman–Crippen MR) is 123 cm³/mol. The molecule has 0 aliphatic carbocycles. The highest BCUT2D eigenvalue weighted by molar-refractivity contribution is 5.73. The van der Waals surface area contributed by atoms with Crippen LogP contribution < -0.4 is 10.6 Å². The number of rotatable bonds is 8. The zero-order valence-electron chi connectivity index (χ0n) is 19.9. The van der Waals surface area contributed by atoms with E-state index in [0.29, 0.717) is 36.1 Å². The summed E-state index contributed by atoms with van der Waals surface area (Å²) in [5.41, 5.74) is 0.114. The Morgan fingerprint density at radius 2 is 2.03 bits per heavy atom. The van der Waals surface area contributed by atoms with E-state index in [1.54, 1.807) is 6.92 Å². The summed E-state index contributed by atoms with van der Waals surface area (Å²) < 4.78 is 44.2. The lowest BCUT2D eigenvalue weighted by atomic mass is 10.00. The van der Waals surface area contributed by atoms with Crippen LogP contribution >= 0.6 is 0 Å². The van der Waals surface area contributed by atoms with Crippen molar-refractivity contribution in [1.29, 1.82) is 0 Å². The van der Waals surface area contributed by atoms with Crippen LogP contribution in [0.4, 0.5) is 23.8 Å². The largest absolute Gasteiger partial charge is 0.507 e. The summed E-state index contributed by atoms with van der Waals surface area (Å²) in [4.78, 5) is 24.7. The standard InChI is InChI=1S/C23H28F3N5O5/c1-13-17(12-36-22(35)27-2)21(28-15-4-3-8-31(11-15)9-7-19(33)34)30-29-20(13)16-6-5-14(10-18(16)32)23(24,25)26/h5-6,10,15,32H,3-4,7-9,11-12H2,1-2H3,(H,27,35)(H,28,30)(H,33,34). The molecule has 4 N–H and O–H groups in total. The third-order valence-corrected chi connectivity index (χ3v) is 5.96. The molecule has 1 aliphatic heterocycles. The maximum atomic E-state index is 13.0. The van der Waals surface area contributed by atoms with E-state index >= 15 is 0 Å². The molecule has 1 saturated heterocycles. The predicted octanol–water partition coefficient (Wildman–Crippen LogP) is 3.38. The molecule has 1 atom stereocenters. The van der Waals surface area contributed by atoms with Crippen molar-refractivity contribution < 1.29 is 37.7 Å². The summed E-state index contributed by atoms with van der Waals surface area (Å²) in [7, 11) is 1.40. The highest BCUT2D eigenvalue weighted by Crippen LogP contribution is 2.38. The van der Waals surface area contributed by atoms with Gasteiger partial charge in [-0.05, 0) is 50.1 Å². The van der Waals surface area contributed by atoms with Crippen molar-refractivity contribution in [1.82, 2.24) is 20.4 Å². The minimum absolute atomic E-state index is 0.0299. The average molecular weight is 512 g/mol. The molecule has 3 rings (SSSR count). The first-order chi connectivity index (χ1) is 17.0. The molecule has 2 aromatic rings. The molecule has 1 fully saturated rings. The average Bonchev–Trinajstić information content (AvgIpc) is 2.82. The number of benzene rings is 1. The lowest BCUT2D eigenvalue weighted by Crippen LogP contribution is -2.43. The fraction of sp³-hybridized carbons (Fsp3) is 0.478. The molecule has 36 heavy (non-hydrogen) atoms. The number of alkyl halides is 3. The van der Waals surface area contributed by atoms with E-state index in [9.17, 15) is 27.9 Å². The number of carboxylic acid groups (broad SMARTS) is 1. The molecule has 10 nitrogen and oxygen atoms in total. The number of aromatic nitrogens is 2. The number of phenols is 1. The van der Waals surface area contributed by atoms with Gasteiger partial charge in [-0.25, -0.2) is 4.79 Å². The van der Waals surface area contributed by atoms with Gasteiger partial charge in [0.2, 0.25) is 0 Å². The number of ether oxygens (including phenoxy) is 1. The lowest BCUT2D eigenvalue weighted by molar-refractivity contribution is -0.138. The molecule has 1 aliphatic rings. The molecule has 196 valence electrons. The number of likely N-dealkylation sites (tertiary alicyclic amines) is 1. The van der Waals surface area contributed by atoms with Gasteiger partial charge in [0, 0.05) is 37.3 Å². The van der Waals surface area contributed by atoms with Gasteiger partial charge in [0.15, 0.2) is 5.82 Å². The van der Waals surface area contributed by atoms with E-state index in [-0.39, 0.29) is 30.3 Å². The van der Waals surface area contributed by atoms with Crippen LogP contribution in [0.1, 0.15) is 36.0 Å². The minimum atomic E-state index is -4.62. The van der Waals surface area contributed by atoms with Crippen molar-refractivity contribution in [2.24, 2.45) is 0 Å². The monoisotopic (exact) mass is 511 g/mol. The smallest absolute Gasteiger partial charge is 0.416 e. The quantitative estimate of drug-likeness (QED) is 0.420. The molecule has 1 aromatic heterocycles. The SMILES string of the molecule is CNC(=O)OCc1c(NC2CCCN(CCC(=O)O)C2)nnc(-c2ccc(C(F)(F)F)cc2O)c1C. The van der Waals surface area contributed by atoms with E-state index in [1.807, 2.05) is 4.90 Å². The fourth-order valence-corrected chi connectivity index (χ4v) is 4.05. The third-order valence-electron chi connectivity index (χ3n) is 5.96. The number of carbonyl (C=O) groups is 2. The molecule has 0 radical (unpaired) electrons. The Morgan fingerprint density at radius 1 is 1.28 bits per heavy atom. The van der Waals surface area contributed by atoms with Crippen molar-refractivity contribution in [2.75, 3.05) is 32.0 Å². The number of alkyl carbamates (subject to hydrolysis) is 1. The number of phenolic OH excluding ortho intramolecular Hbond substituents is 1. The van der Waals surface area contributed by atoms with Crippen LogP contribution in [-0.2, 0) is 22.3 Å². The number of nitrogens with zero attached hydrogens (tertiary/aromatic N) is 3. The highest BCUT2D eigenvalue weighted by Gasteiger charge is 2.32. The van der Waals surface area contributed by atoms with Crippen LogP contribution in [0, 0.1) is 6.92 Å². The number of aromatic hydroxyl groups is 1. The Bertz CT molecular complexity index is 1110. The topological polar surface area (TPSA) is 137 Å². The first kappa shape index (κ1) is 27.0. The number of hydrogen-bond acceptors (Lipinski definition) is 8. The van der Waals surface area contributed by atoms with Gasteiger partial charge in [-0.2, -0.15) is 13.2 Å². The summed E-state index contributed by atoms with van der Waals surface area (Å²) in [6, 6.07) is 2.51. The Hall–Kier alpha value is -3.61. The number of amides is 1. The summed E-state index contributed by atoms with van der Waals surface area (Å²) >= 11 is 0. The van der Waals surface area contributed by atoms with Crippen LogP contribution in [0.15, 0.2) is 18.2 Å². The second kappa shape index (κ2) is 11.4. The molecule has 2 heterocycles. The fourth-order valence-electron chi connectivity index (χ4n) is 4.05. The van der Waals surface area contributed by atoms with Crippen LogP contribution in [0.25, 0.3) is 11.3 Å². The number of piperidine rings is 1. The summed E-state index contributed by atoms with van der Waals surface area (Å²) in [6.07, 6.45) is -3.64. The van der Waals surface area contributed by atoms with Crippen molar-refractivity contribution in [3.05, 3.63) is 34.9 Å². The highest BCUT2D eigenvalue weighted by atomic mass is 19.4. The van der Waals surface area contributed by atoms with Crippen LogP contribution in [0.3, 0.4) is 0 Å². The van der Waals surface area contributed by atoms with Crippen LogP contribution in [0.2, 0.25) is 0 Å². The number of carboxylic acids is 1. The zero-order chi connectivity index (χ0) is 26.5. The molecule has 1 unspecified atom stereocenters. The van der Waals surface area contributed by atoms with Gasteiger partial charge in [0.1, 0.15) is 18.1 Å². The van der Waals surface area contributed by atoms with Crippen LogP contribution in [0.5, 0.6) is 5.75 Å². The molecule has 13 heteroatoms. The summed E-state index contributed by atoms with van der Waals surface area (Å²) in [6.45, 7) is 3.21. The number of aliphatic carboxylic acids is 1. The first-order valence-corrected chi connectivity index (χ1v) is 11.3. The second-order valence-corrected chi connectivity index (χ2v) is 8.48. The normalized spacial score (nSPS) is 16.4. The molecule has 0 bridgehead atoms. The molecular weight excluding hydrogens is 483 g/mol. The Labute approximate surface area is 205 Å². The van der Waals surface area contributed by atoms with Crippen molar-refractivity contribution in [3.63, 3.8) is 0 Å². The number of hydrogen-bond donors (Lipinski definition) is 4. The Morgan fingerprint density at radius 3 is 2.67 bits per heavy atom. The van der Waals surface area contributed by atoms with Crippen LogP contribution in [-0.4, -0.2) is 70.1 Å². The number of nitrogens with one attached hydrogen (secondary N) is 2. The Kier molecular flexibility index (Phi) is 8.56. The van der Waals surface area contributed by atoms with E-state index in [1.165, 1.54) is 7.05 Å². The molecule has 0 saturated carbocycles. The Balaban J connectivity index is 1.91. The van der Waals surface area contributed by atoms with Crippen molar-refractivity contribution >= 4 is 17.9 Å². The minimum Gasteiger partial charge on any atom is -0.507 e. The number of carbonyl (C=O) groups excluding carboxylic acids is 1. The zero-order valence-corrected chi connectivity index (χ0v) is 19.9. The van der Waals surface area contributed by atoms with E-state index in [0.717, 1.165) is 31.5 Å². The summed E-state index contributed by atoms with van der Waals surface area (Å²) in [5, 5.41) is 33.2. The van der Waals surface area contributed by atoms with Gasteiger partial charge in [0.05, 0.1) is 12.0 Å². The lowest BCUT2D eigenvalue weighted by Gasteiger charge is -2.33. The molecule has 0 spiro atoms. The van der Waals surface area contributed by atoms with Crippen molar-refractivity contribution in [2.45, 2.75) is 45.0 Å². The number of anilines is 1. The van der Waals surface area contributed by atoms with E-state index < -0.39 is 29.6 Å². The van der Waals surface area contributed by atoms with Gasteiger partial charge >= 0.3 is 18.2 Å². The van der Waals surface area contributed by atoms with Gasteiger partial charge in [0.25, 0.3) is 0 Å². The summed E-state index contributed by atoms with van der Waals surface area (Å²) in [5.74, 6) is -1.15. The van der Waals surface area contributed by atoms with E-state index in [4.69, 9.17) is 9.84 Å². The first-order valence-electron chi connectivity index (χ1n) is 11.3. The maximum absolute atomic E-state index is 13.0.